The molecular formula is C16H23O4P. The molecule has 0 spiro atoms. The van der Waals surface area contributed by atoms with Crippen molar-refractivity contribution < 1.29 is 18.4 Å². The predicted octanol–water partition coefficient (Wildman–Crippen LogP) is 4.23. The molecule has 1 aromatic carbocycles. The number of carbonyl (C=O) groups excluding carboxylic acids is 1. The van der Waals surface area contributed by atoms with E-state index in [4.69, 9.17) is 9.05 Å². The van der Waals surface area contributed by atoms with Crippen LogP contribution in [0.1, 0.15) is 50.0 Å². The van der Waals surface area contributed by atoms with Crippen molar-refractivity contribution in [3.05, 3.63) is 35.4 Å². The summed E-state index contributed by atoms with van der Waals surface area (Å²) in [5.41, 5.74) is 0.963. The molecule has 1 aliphatic carbocycles. The molecule has 0 heterocycles. The molecule has 116 valence electrons. The van der Waals surface area contributed by atoms with Gasteiger partial charge in [-0.25, -0.2) is 0 Å². The number of benzene rings is 1. The summed E-state index contributed by atoms with van der Waals surface area (Å²) in [6.07, 6.45) is 0.727. The third-order valence-electron chi connectivity index (χ3n) is 3.37. The van der Waals surface area contributed by atoms with Crippen LogP contribution in [0.4, 0.5) is 0 Å². The third kappa shape index (κ3) is 3.63. The summed E-state index contributed by atoms with van der Waals surface area (Å²) >= 11 is 0. The van der Waals surface area contributed by atoms with Crippen LogP contribution in [0.15, 0.2) is 24.3 Å². The van der Waals surface area contributed by atoms with Gasteiger partial charge in [0.15, 0.2) is 5.78 Å². The van der Waals surface area contributed by atoms with Gasteiger partial charge in [-0.1, -0.05) is 24.3 Å². The monoisotopic (exact) mass is 310 g/mol. The Labute approximate surface area is 126 Å². The van der Waals surface area contributed by atoms with Gasteiger partial charge >= 0.3 is 7.60 Å². The molecule has 5 heteroatoms. The Morgan fingerprint density at radius 2 is 1.67 bits per heavy atom. The van der Waals surface area contributed by atoms with Gasteiger partial charge in [-0.15, -0.1) is 0 Å². The van der Waals surface area contributed by atoms with Crippen molar-refractivity contribution in [2.75, 3.05) is 0 Å². The molecule has 0 saturated carbocycles. The lowest BCUT2D eigenvalue weighted by Gasteiger charge is -2.31. The zero-order valence-electron chi connectivity index (χ0n) is 13.0. The highest BCUT2D eigenvalue weighted by Crippen LogP contribution is 2.58. The average Bonchev–Trinajstić information content (AvgIpc) is 2.37. The molecule has 2 rings (SSSR count). The first kappa shape index (κ1) is 16.4. The summed E-state index contributed by atoms with van der Waals surface area (Å²) in [6.45, 7) is 7.21. The maximum absolute atomic E-state index is 13.1. The van der Waals surface area contributed by atoms with E-state index in [0.717, 1.165) is 12.0 Å². The molecule has 1 aromatic rings. The average molecular weight is 310 g/mol. The van der Waals surface area contributed by atoms with E-state index in [1.165, 1.54) is 0 Å². The van der Waals surface area contributed by atoms with Gasteiger partial charge in [-0.05, 0) is 46.1 Å². The van der Waals surface area contributed by atoms with E-state index in [1.807, 2.05) is 18.2 Å². The van der Waals surface area contributed by atoms with E-state index in [9.17, 15) is 9.36 Å². The Kier molecular flexibility index (Phi) is 5.03. The van der Waals surface area contributed by atoms with Crippen LogP contribution < -0.4 is 0 Å². The van der Waals surface area contributed by atoms with Crippen molar-refractivity contribution in [1.29, 1.82) is 0 Å². The fraction of sp³-hybridized carbons (Fsp3) is 0.562. The van der Waals surface area contributed by atoms with Crippen LogP contribution in [-0.4, -0.2) is 23.7 Å². The van der Waals surface area contributed by atoms with Crippen LogP contribution in [-0.2, 0) is 20.0 Å². The molecule has 0 fully saturated rings. The van der Waals surface area contributed by atoms with Gasteiger partial charge in [-0.3, -0.25) is 9.36 Å². The van der Waals surface area contributed by atoms with Gasteiger partial charge in [-0.2, -0.15) is 0 Å². The largest absolute Gasteiger partial charge is 0.341 e. The first-order valence-corrected chi connectivity index (χ1v) is 9.03. The van der Waals surface area contributed by atoms with Gasteiger partial charge in [0, 0.05) is 5.56 Å². The molecule has 0 N–H and O–H groups in total. The van der Waals surface area contributed by atoms with E-state index in [1.54, 1.807) is 33.8 Å². The molecule has 1 unspecified atom stereocenters. The minimum Gasteiger partial charge on any atom is -0.305 e. The smallest absolute Gasteiger partial charge is 0.305 e. The van der Waals surface area contributed by atoms with Crippen LogP contribution >= 0.6 is 7.60 Å². The van der Waals surface area contributed by atoms with E-state index in [0.29, 0.717) is 12.0 Å². The van der Waals surface area contributed by atoms with E-state index < -0.39 is 13.3 Å². The fourth-order valence-electron chi connectivity index (χ4n) is 2.64. The van der Waals surface area contributed by atoms with Gasteiger partial charge in [0.1, 0.15) is 5.66 Å². The number of Topliss-reactive ketones (excluding diaryl/α,β-unsaturated/α-hetero) is 1. The third-order valence-corrected chi connectivity index (χ3v) is 6.06. The van der Waals surface area contributed by atoms with Crippen LogP contribution in [0.2, 0.25) is 0 Å². The standard InChI is InChI=1S/C16H23O4P/c1-11(2)19-21(18,20-12(3)4)15-10-9-13-7-5-6-8-14(13)16(15)17/h5-8,11-12,15H,9-10H2,1-4H3. The summed E-state index contributed by atoms with van der Waals surface area (Å²) in [5.74, 6) is -0.124. The highest BCUT2D eigenvalue weighted by Gasteiger charge is 2.45. The Bertz CT molecular complexity index is 551. The molecule has 4 nitrogen and oxygen atoms in total. The van der Waals surface area contributed by atoms with Crippen LogP contribution in [0.3, 0.4) is 0 Å². The highest BCUT2D eigenvalue weighted by atomic mass is 31.2. The number of hydrogen-bond donors (Lipinski definition) is 0. The minimum atomic E-state index is -3.47. The molecular weight excluding hydrogens is 287 g/mol. The molecule has 0 saturated heterocycles. The lowest BCUT2D eigenvalue weighted by atomic mass is 9.90. The Balaban J connectivity index is 2.34. The molecule has 0 aliphatic heterocycles. The predicted molar refractivity (Wildman–Crippen MR) is 82.9 cm³/mol. The summed E-state index contributed by atoms with van der Waals surface area (Å²) in [5, 5.41) is 0. The Hall–Kier alpha value is -0.960. The fourth-order valence-corrected chi connectivity index (χ4v) is 5.03. The summed E-state index contributed by atoms with van der Waals surface area (Å²) in [7, 11) is -3.47. The molecule has 1 aliphatic rings. The molecule has 21 heavy (non-hydrogen) atoms. The highest BCUT2D eigenvalue weighted by molar-refractivity contribution is 7.55. The Morgan fingerprint density at radius 1 is 1.10 bits per heavy atom. The number of carbonyl (C=O) groups is 1. The van der Waals surface area contributed by atoms with Gasteiger partial charge in [0.25, 0.3) is 0 Å². The van der Waals surface area contributed by atoms with Crippen molar-refractivity contribution in [3.8, 4) is 0 Å². The second-order valence-corrected chi connectivity index (χ2v) is 8.05. The first-order chi connectivity index (χ1) is 9.83. The summed E-state index contributed by atoms with van der Waals surface area (Å²) in [4.78, 5) is 12.7. The first-order valence-electron chi connectivity index (χ1n) is 7.42. The van der Waals surface area contributed by atoms with Crippen molar-refractivity contribution in [2.24, 2.45) is 0 Å². The van der Waals surface area contributed by atoms with E-state index >= 15 is 0 Å². The van der Waals surface area contributed by atoms with Crippen molar-refractivity contribution >= 4 is 13.4 Å². The topological polar surface area (TPSA) is 52.6 Å². The lowest BCUT2D eigenvalue weighted by Crippen LogP contribution is -2.30. The molecule has 0 aromatic heterocycles. The quantitative estimate of drug-likeness (QED) is 0.764. The summed E-state index contributed by atoms with van der Waals surface area (Å²) < 4.78 is 24.3. The number of aryl methyl sites for hydroxylation is 1. The van der Waals surface area contributed by atoms with Gasteiger partial charge in [0.05, 0.1) is 12.2 Å². The van der Waals surface area contributed by atoms with Crippen molar-refractivity contribution in [2.45, 2.75) is 58.4 Å². The second kappa shape index (κ2) is 6.43. The number of hydrogen-bond acceptors (Lipinski definition) is 4. The molecule has 0 bridgehead atoms. The maximum Gasteiger partial charge on any atom is 0.341 e. The van der Waals surface area contributed by atoms with Crippen LogP contribution in [0.25, 0.3) is 0 Å². The number of fused-ring (bicyclic) bond motifs is 1. The van der Waals surface area contributed by atoms with Crippen LogP contribution in [0.5, 0.6) is 0 Å². The maximum atomic E-state index is 13.1. The Morgan fingerprint density at radius 3 is 2.24 bits per heavy atom. The van der Waals surface area contributed by atoms with E-state index in [-0.39, 0.29) is 18.0 Å². The molecule has 1 atom stereocenters. The van der Waals surface area contributed by atoms with Crippen LogP contribution in [0, 0.1) is 0 Å². The van der Waals surface area contributed by atoms with Crippen molar-refractivity contribution in [1.82, 2.24) is 0 Å². The minimum absolute atomic E-state index is 0.124. The SMILES string of the molecule is CC(C)OP(=O)(OC(C)C)C1CCc2ccccc2C1=O. The summed E-state index contributed by atoms with van der Waals surface area (Å²) in [6, 6.07) is 7.48. The second-order valence-electron chi connectivity index (χ2n) is 5.92. The lowest BCUT2D eigenvalue weighted by molar-refractivity contribution is 0.0926. The van der Waals surface area contributed by atoms with Gasteiger partial charge < -0.3 is 9.05 Å². The zero-order valence-corrected chi connectivity index (χ0v) is 13.9. The van der Waals surface area contributed by atoms with E-state index in [2.05, 4.69) is 0 Å². The molecule has 0 radical (unpaired) electrons. The zero-order chi connectivity index (χ0) is 15.6. The number of rotatable bonds is 5. The van der Waals surface area contributed by atoms with Gasteiger partial charge in [0.2, 0.25) is 0 Å². The molecule has 0 amide bonds. The normalized spacial score (nSPS) is 19.1. The van der Waals surface area contributed by atoms with Crippen molar-refractivity contribution in [3.63, 3.8) is 0 Å². The number of ketones is 1.